The molecule has 0 aliphatic carbocycles. The van der Waals surface area contributed by atoms with Crippen molar-refractivity contribution in [3.8, 4) is 0 Å². The summed E-state index contributed by atoms with van der Waals surface area (Å²) in [5, 5.41) is 0. The Morgan fingerprint density at radius 3 is 1.23 bits per heavy atom. The van der Waals surface area contributed by atoms with E-state index in [0.29, 0.717) is 19.4 Å². The molecule has 5 nitrogen and oxygen atoms in total. The average molecular weight is 839 g/mol. The number of carbonyl (C=O) groups is 2. The highest BCUT2D eigenvalue weighted by molar-refractivity contribution is 5.70. The van der Waals surface area contributed by atoms with Crippen LogP contribution >= 0.6 is 0 Å². The Bertz CT molecular complexity index is 1040. The normalized spacial score (nSPS) is 12.7. The Morgan fingerprint density at radius 2 is 0.750 bits per heavy atom. The SMILES string of the molecule is CC/C=C\C/C=C\C/C=C\CCCCCCCC(=O)OCC(COCCCCCCCC/C=C\CCCCCCCC)OC(=O)CCCCCCC/C=C\CCCCCC. The highest BCUT2D eigenvalue weighted by Crippen LogP contribution is 2.14. The lowest BCUT2D eigenvalue weighted by Crippen LogP contribution is -2.30. The van der Waals surface area contributed by atoms with E-state index in [-0.39, 0.29) is 25.2 Å². The fraction of sp³-hybridized carbons (Fsp3) is 0.782. The first-order chi connectivity index (χ1) is 29.6. The molecule has 0 amide bonds. The van der Waals surface area contributed by atoms with Gasteiger partial charge in [-0.3, -0.25) is 9.59 Å². The van der Waals surface area contributed by atoms with Crippen molar-refractivity contribution in [2.45, 2.75) is 258 Å². The van der Waals surface area contributed by atoms with Crippen LogP contribution in [0.3, 0.4) is 0 Å². The van der Waals surface area contributed by atoms with E-state index in [9.17, 15) is 9.59 Å². The summed E-state index contributed by atoms with van der Waals surface area (Å²) >= 11 is 0. The largest absolute Gasteiger partial charge is 0.462 e. The molecule has 0 aliphatic heterocycles. The molecule has 0 radical (unpaired) electrons. The van der Waals surface area contributed by atoms with Gasteiger partial charge in [0.2, 0.25) is 0 Å². The summed E-state index contributed by atoms with van der Waals surface area (Å²) in [5.74, 6) is -0.425. The van der Waals surface area contributed by atoms with E-state index in [4.69, 9.17) is 14.2 Å². The van der Waals surface area contributed by atoms with Gasteiger partial charge < -0.3 is 14.2 Å². The van der Waals surface area contributed by atoms with E-state index in [1.54, 1.807) is 0 Å². The molecule has 0 aromatic heterocycles. The number of allylic oxidation sites excluding steroid dienone is 10. The van der Waals surface area contributed by atoms with Gasteiger partial charge >= 0.3 is 11.9 Å². The fourth-order valence-corrected chi connectivity index (χ4v) is 7.16. The van der Waals surface area contributed by atoms with Crippen LogP contribution in [0, 0.1) is 0 Å². The number of hydrogen-bond donors (Lipinski definition) is 0. The van der Waals surface area contributed by atoms with Crippen LogP contribution in [-0.4, -0.2) is 37.9 Å². The molecule has 0 aliphatic rings. The van der Waals surface area contributed by atoms with Crippen molar-refractivity contribution in [2.75, 3.05) is 19.8 Å². The van der Waals surface area contributed by atoms with E-state index >= 15 is 0 Å². The van der Waals surface area contributed by atoms with Gasteiger partial charge in [-0.2, -0.15) is 0 Å². The standard InChI is InChI=1S/C55H98O5/c1-4-7-10-13-16-19-22-25-27-29-32-35-38-41-44-47-50-58-51-53(60-55(57)49-46-43-40-37-34-30-24-21-18-15-12-9-6-3)52-59-54(56)48-45-42-39-36-33-31-28-26-23-20-17-14-11-8-5-2/h8,11,17,20-21,24-28,53H,4-7,9-10,12-16,18-19,22-23,29-52H2,1-3H3/b11-8-,20-17-,24-21-,27-25-,28-26-. The lowest BCUT2D eigenvalue weighted by Gasteiger charge is -2.18. The predicted molar refractivity (Wildman–Crippen MR) is 261 cm³/mol. The second-order valence-corrected chi connectivity index (χ2v) is 17.0. The van der Waals surface area contributed by atoms with Crippen LogP contribution in [0.1, 0.15) is 252 Å². The number of ether oxygens (including phenoxy) is 3. The number of unbranched alkanes of at least 4 members (excludes halogenated alkanes) is 26. The summed E-state index contributed by atoms with van der Waals surface area (Å²) < 4.78 is 17.4. The molecule has 5 heteroatoms. The maximum atomic E-state index is 12.8. The van der Waals surface area contributed by atoms with Crippen LogP contribution in [0.2, 0.25) is 0 Å². The smallest absolute Gasteiger partial charge is 0.306 e. The first kappa shape index (κ1) is 57.6. The van der Waals surface area contributed by atoms with Crippen molar-refractivity contribution in [2.24, 2.45) is 0 Å². The van der Waals surface area contributed by atoms with Crippen LogP contribution in [0.5, 0.6) is 0 Å². The van der Waals surface area contributed by atoms with Gasteiger partial charge in [-0.15, -0.1) is 0 Å². The molecule has 0 aromatic rings. The molecular formula is C55H98O5. The van der Waals surface area contributed by atoms with Gasteiger partial charge in [0.05, 0.1) is 6.61 Å². The summed E-state index contributed by atoms with van der Waals surface area (Å²) in [7, 11) is 0. The Balaban J connectivity index is 4.30. The van der Waals surface area contributed by atoms with Gasteiger partial charge in [0.1, 0.15) is 6.61 Å². The summed E-state index contributed by atoms with van der Waals surface area (Å²) in [6.07, 6.45) is 63.7. The van der Waals surface area contributed by atoms with Crippen molar-refractivity contribution in [1.29, 1.82) is 0 Å². The molecular weight excluding hydrogens is 741 g/mol. The molecule has 0 saturated heterocycles. The molecule has 0 N–H and O–H groups in total. The quantitative estimate of drug-likeness (QED) is 0.0347. The van der Waals surface area contributed by atoms with Crippen LogP contribution in [-0.2, 0) is 23.8 Å². The lowest BCUT2D eigenvalue weighted by molar-refractivity contribution is -0.163. The zero-order valence-electron chi connectivity index (χ0n) is 40.0. The highest BCUT2D eigenvalue weighted by atomic mass is 16.6. The van der Waals surface area contributed by atoms with E-state index in [0.717, 1.165) is 83.5 Å². The third-order valence-corrected chi connectivity index (χ3v) is 11.0. The third-order valence-electron chi connectivity index (χ3n) is 11.0. The van der Waals surface area contributed by atoms with Crippen LogP contribution in [0.4, 0.5) is 0 Å². The first-order valence-electron chi connectivity index (χ1n) is 25.8. The zero-order chi connectivity index (χ0) is 43.5. The van der Waals surface area contributed by atoms with E-state index in [1.807, 2.05) is 0 Å². The molecule has 0 bridgehead atoms. The number of rotatable bonds is 47. The lowest BCUT2D eigenvalue weighted by atomic mass is 10.1. The fourth-order valence-electron chi connectivity index (χ4n) is 7.16. The number of carbonyl (C=O) groups excluding carboxylic acids is 2. The molecule has 0 heterocycles. The van der Waals surface area contributed by atoms with E-state index in [1.165, 1.54) is 135 Å². The van der Waals surface area contributed by atoms with Gasteiger partial charge in [-0.1, -0.05) is 197 Å². The highest BCUT2D eigenvalue weighted by Gasteiger charge is 2.17. The minimum absolute atomic E-state index is 0.0705. The maximum Gasteiger partial charge on any atom is 0.306 e. The molecule has 0 aromatic carbocycles. The number of esters is 2. The minimum atomic E-state index is -0.550. The van der Waals surface area contributed by atoms with E-state index < -0.39 is 6.10 Å². The third kappa shape index (κ3) is 48.3. The minimum Gasteiger partial charge on any atom is -0.462 e. The molecule has 1 unspecified atom stereocenters. The Hall–Kier alpha value is -2.40. The molecule has 0 rings (SSSR count). The summed E-state index contributed by atoms with van der Waals surface area (Å²) in [4.78, 5) is 25.4. The molecule has 0 fully saturated rings. The first-order valence-corrected chi connectivity index (χ1v) is 25.8. The van der Waals surface area contributed by atoms with Crippen LogP contribution in [0.15, 0.2) is 60.8 Å². The van der Waals surface area contributed by atoms with Crippen LogP contribution in [0.25, 0.3) is 0 Å². The summed E-state index contributed by atoms with van der Waals surface area (Å²) in [5.41, 5.74) is 0. The van der Waals surface area contributed by atoms with Crippen molar-refractivity contribution in [3.63, 3.8) is 0 Å². The van der Waals surface area contributed by atoms with Gasteiger partial charge in [0.15, 0.2) is 6.10 Å². The monoisotopic (exact) mass is 839 g/mol. The summed E-state index contributed by atoms with van der Waals surface area (Å²) in [6.45, 7) is 7.68. The Morgan fingerprint density at radius 1 is 0.383 bits per heavy atom. The predicted octanol–water partition coefficient (Wildman–Crippen LogP) is 17.3. The van der Waals surface area contributed by atoms with Crippen molar-refractivity contribution < 1.29 is 23.8 Å². The maximum absolute atomic E-state index is 12.8. The second kappa shape index (κ2) is 51.0. The van der Waals surface area contributed by atoms with Crippen molar-refractivity contribution in [1.82, 2.24) is 0 Å². The van der Waals surface area contributed by atoms with Gasteiger partial charge in [0.25, 0.3) is 0 Å². The molecule has 348 valence electrons. The zero-order valence-corrected chi connectivity index (χ0v) is 40.0. The molecule has 1 atom stereocenters. The number of hydrogen-bond acceptors (Lipinski definition) is 5. The topological polar surface area (TPSA) is 61.8 Å². The van der Waals surface area contributed by atoms with Gasteiger partial charge in [0, 0.05) is 19.4 Å². The van der Waals surface area contributed by atoms with Gasteiger partial charge in [-0.05, 0) is 103 Å². The average Bonchev–Trinajstić information content (AvgIpc) is 3.25. The van der Waals surface area contributed by atoms with Crippen molar-refractivity contribution in [3.05, 3.63) is 60.8 Å². The summed E-state index contributed by atoms with van der Waals surface area (Å²) in [6, 6.07) is 0. The van der Waals surface area contributed by atoms with Gasteiger partial charge in [-0.25, -0.2) is 0 Å². The molecule has 60 heavy (non-hydrogen) atoms. The van der Waals surface area contributed by atoms with E-state index in [2.05, 4.69) is 81.5 Å². The Labute approximate surface area is 373 Å². The van der Waals surface area contributed by atoms with Crippen molar-refractivity contribution >= 4 is 11.9 Å². The Kier molecular flexibility index (Phi) is 48.9. The van der Waals surface area contributed by atoms with Crippen LogP contribution < -0.4 is 0 Å². The second-order valence-electron chi connectivity index (χ2n) is 17.0. The molecule has 0 spiro atoms. The molecule has 0 saturated carbocycles.